The number of hydrogen-bond acceptors (Lipinski definition) is 6. The van der Waals surface area contributed by atoms with Gasteiger partial charge in [-0.2, -0.15) is 4.58 Å². The summed E-state index contributed by atoms with van der Waals surface area (Å²) in [5.41, 5.74) is 0. The second-order valence-electron chi connectivity index (χ2n) is 4.45. The standard InChI is InChI=1S/C14H26N2O6/c1-3-4-15-13(18)11-22-10-9-20-7-5-16(2)14(19)12-21-8-6-17/h17H,2-12H2,1H3/p+1. The third kappa shape index (κ3) is 12.4. The molecule has 0 aliphatic heterocycles. The molecule has 0 bridgehead atoms. The van der Waals surface area contributed by atoms with Crippen molar-refractivity contribution in [2.45, 2.75) is 13.3 Å². The molecule has 0 aromatic heterocycles. The summed E-state index contributed by atoms with van der Waals surface area (Å²) in [6.07, 6.45) is 0.889. The van der Waals surface area contributed by atoms with Gasteiger partial charge >= 0.3 is 5.91 Å². The van der Waals surface area contributed by atoms with Gasteiger partial charge in [-0.1, -0.05) is 6.92 Å². The number of carbonyl (C=O) groups excluding carboxylic acids is 2. The van der Waals surface area contributed by atoms with E-state index in [0.29, 0.717) is 32.9 Å². The van der Waals surface area contributed by atoms with E-state index in [1.54, 1.807) is 0 Å². The highest BCUT2D eigenvalue weighted by Gasteiger charge is 2.14. The molecule has 0 spiro atoms. The van der Waals surface area contributed by atoms with Crippen LogP contribution in [0.5, 0.6) is 0 Å². The smallest absolute Gasteiger partial charge is 0.394 e. The summed E-state index contributed by atoms with van der Waals surface area (Å²) < 4.78 is 16.5. The van der Waals surface area contributed by atoms with Crippen molar-refractivity contribution in [1.82, 2.24) is 5.32 Å². The summed E-state index contributed by atoms with van der Waals surface area (Å²) in [6, 6.07) is 0. The van der Waals surface area contributed by atoms with Gasteiger partial charge in [-0.15, -0.1) is 0 Å². The van der Waals surface area contributed by atoms with Crippen LogP contribution in [-0.2, 0) is 23.8 Å². The van der Waals surface area contributed by atoms with Crippen molar-refractivity contribution in [1.29, 1.82) is 0 Å². The van der Waals surface area contributed by atoms with E-state index in [-0.39, 0.29) is 38.2 Å². The maximum absolute atomic E-state index is 11.5. The zero-order valence-corrected chi connectivity index (χ0v) is 13.2. The maximum Gasteiger partial charge on any atom is 0.412 e. The molecule has 2 amide bonds. The highest BCUT2D eigenvalue weighted by atomic mass is 16.5. The molecule has 0 heterocycles. The Balaban J connectivity index is 3.43. The highest BCUT2D eigenvalue weighted by molar-refractivity contribution is 5.77. The molecule has 0 radical (unpaired) electrons. The fourth-order valence-corrected chi connectivity index (χ4v) is 1.31. The Morgan fingerprint density at radius 2 is 1.77 bits per heavy atom. The fraction of sp³-hybridized carbons (Fsp3) is 0.786. The molecule has 0 saturated heterocycles. The largest absolute Gasteiger partial charge is 0.412 e. The minimum Gasteiger partial charge on any atom is -0.394 e. The first-order chi connectivity index (χ1) is 10.6. The summed E-state index contributed by atoms with van der Waals surface area (Å²) in [7, 11) is 0. The van der Waals surface area contributed by atoms with Crippen molar-refractivity contribution in [3.05, 3.63) is 0 Å². The van der Waals surface area contributed by atoms with Crippen LogP contribution in [0.3, 0.4) is 0 Å². The minimum absolute atomic E-state index is 0.0193. The summed E-state index contributed by atoms with van der Waals surface area (Å²) in [5.74, 6) is -0.417. The number of carbonyl (C=O) groups is 2. The first kappa shape index (κ1) is 20.6. The van der Waals surface area contributed by atoms with Crippen molar-refractivity contribution in [2.24, 2.45) is 0 Å². The quantitative estimate of drug-likeness (QED) is 0.237. The van der Waals surface area contributed by atoms with Gasteiger partial charge in [0.05, 0.1) is 26.4 Å². The van der Waals surface area contributed by atoms with E-state index in [2.05, 4.69) is 12.0 Å². The average molecular weight is 319 g/mol. The van der Waals surface area contributed by atoms with Gasteiger partial charge in [0.2, 0.25) is 5.91 Å². The predicted octanol–water partition coefficient (Wildman–Crippen LogP) is -1.21. The molecule has 0 aromatic carbocycles. The first-order valence-electron chi connectivity index (χ1n) is 7.33. The molecule has 0 unspecified atom stereocenters. The van der Waals surface area contributed by atoms with E-state index < -0.39 is 0 Å². The molecule has 8 heteroatoms. The van der Waals surface area contributed by atoms with Crippen LogP contribution < -0.4 is 5.32 Å². The number of amides is 2. The van der Waals surface area contributed by atoms with Gasteiger partial charge in [-0.05, 0) is 6.42 Å². The average Bonchev–Trinajstić information content (AvgIpc) is 2.51. The third-order valence-corrected chi connectivity index (χ3v) is 2.50. The zero-order chi connectivity index (χ0) is 16.6. The van der Waals surface area contributed by atoms with Crippen LogP contribution in [0.2, 0.25) is 0 Å². The van der Waals surface area contributed by atoms with E-state index in [4.69, 9.17) is 19.3 Å². The molecule has 8 nitrogen and oxygen atoms in total. The van der Waals surface area contributed by atoms with Crippen LogP contribution in [0.25, 0.3) is 0 Å². The van der Waals surface area contributed by atoms with Crippen molar-refractivity contribution < 1.29 is 33.5 Å². The highest BCUT2D eigenvalue weighted by Crippen LogP contribution is 1.84. The molecule has 0 fully saturated rings. The lowest BCUT2D eigenvalue weighted by Gasteiger charge is -2.06. The van der Waals surface area contributed by atoms with Crippen LogP contribution in [0.1, 0.15) is 13.3 Å². The lowest BCUT2D eigenvalue weighted by atomic mass is 10.5. The molecule has 0 saturated carbocycles. The third-order valence-electron chi connectivity index (χ3n) is 2.50. The second kappa shape index (κ2) is 14.6. The Bertz CT molecular complexity index is 335. The van der Waals surface area contributed by atoms with E-state index >= 15 is 0 Å². The zero-order valence-electron chi connectivity index (χ0n) is 13.2. The van der Waals surface area contributed by atoms with Crippen LogP contribution >= 0.6 is 0 Å². The molecule has 0 atom stereocenters. The van der Waals surface area contributed by atoms with Crippen molar-refractivity contribution in [2.75, 3.05) is 59.3 Å². The molecule has 0 aliphatic rings. The number of aliphatic hydroxyl groups excluding tert-OH is 1. The first-order valence-corrected chi connectivity index (χ1v) is 7.33. The Hall–Kier alpha value is -1.35. The number of hydrogen-bond donors (Lipinski definition) is 2. The summed E-state index contributed by atoms with van der Waals surface area (Å²) in [6.45, 7) is 7.41. The molecule has 0 aliphatic carbocycles. The van der Waals surface area contributed by atoms with Crippen molar-refractivity contribution in [3.63, 3.8) is 0 Å². The van der Waals surface area contributed by atoms with Gasteiger partial charge in [0.1, 0.15) is 19.9 Å². The summed E-state index contributed by atoms with van der Waals surface area (Å²) in [5, 5.41) is 11.2. The predicted molar refractivity (Wildman–Crippen MR) is 80.1 cm³/mol. The lowest BCUT2D eigenvalue weighted by Crippen LogP contribution is -2.29. The van der Waals surface area contributed by atoms with Gasteiger partial charge in [-0.25, -0.2) is 4.79 Å². The molecule has 22 heavy (non-hydrogen) atoms. The van der Waals surface area contributed by atoms with Crippen molar-refractivity contribution >= 4 is 18.5 Å². The van der Waals surface area contributed by atoms with Crippen LogP contribution in [0, 0.1) is 0 Å². The number of rotatable bonds is 14. The molecule has 128 valence electrons. The Labute approximate surface area is 131 Å². The minimum atomic E-state index is -0.277. The van der Waals surface area contributed by atoms with Gasteiger partial charge in [-0.3, -0.25) is 4.79 Å². The fourth-order valence-electron chi connectivity index (χ4n) is 1.31. The van der Waals surface area contributed by atoms with E-state index in [1.807, 2.05) is 6.92 Å². The van der Waals surface area contributed by atoms with Gasteiger partial charge in [0, 0.05) is 6.54 Å². The second-order valence-corrected chi connectivity index (χ2v) is 4.45. The topological polar surface area (TPSA) is 97.1 Å². The SMILES string of the molecule is C=[N+](CCOCCOCC(=O)NCCC)C(=O)COCCO. The van der Waals surface area contributed by atoms with E-state index in [1.165, 1.54) is 4.58 Å². The summed E-state index contributed by atoms with van der Waals surface area (Å²) >= 11 is 0. The lowest BCUT2D eigenvalue weighted by molar-refractivity contribution is -0.447. The number of aliphatic hydroxyl groups is 1. The molecule has 0 rings (SSSR count). The Kier molecular flexibility index (Phi) is 13.7. The van der Waals surface area contributed by atoms with Gasteiger partial charge in [0.25, 0.3) is 0 Å². The van der Waals surface area contributed by atoms with Crippen LogP contribution in [0.15, 0.2) is 0 Å². The molecular formula is C14H27N2O6+. The monoisotopic (exact) mass is 319 g/mol. The van der Waals surface area contributed by atoms with E-state index in [9.17, 15) is 9.59 Å². The number of nitrogens with zero attached hydrogens (tertiary/aromatic N) is 1. The number of ether oxygens (including phenoxy) is 3. The van der Waals surface area contributed by atoms with Gasteiger partial charge in [0.15, 0.2) is 13.2 Å². The van der Waals surface area contributed by atoms with Crippen molar-refractivity contribution in [3.8, 4) is 0 Å². The molecular weight excluding hydrogens is 292 g/mol. The van der Waals surface area contributed by atoms with E-state index in [0.717, 1.165) is 6.42 Å². The molecule has 2 N–H and O–H groups in total. The normalized spacial score (nSPS) is 10.5. The Morgan fingerprint density at radius 3 is 2.45 bits per heavy atom. The van der Waals surface area contributed by atoms with Crippen LogP contribution in [0.4, 0.5) is 0 Å². The number of nitrogens with one attached hydrogen (secondary N) is 1. The Morgan fingerprint density at radius 1 is 1.09 bits per heavy atom. The maximum atomic E-state index is 11.5. The summed E-state index contributed by atoms with van der Waals surface area (Å²) in [4.78, 5) is 22.7. The van der Waals surface area contributed by atoms with Gasteiger partial charge < -0.3 is 24.6 Å². The molecule has 0 aromatic rings. The van der Waals surface area contributed by atoms with Crippen LogP contribution in [-0.4, -0.2) is 87.6 Å².